The number of carboxylic acid groups (broad SMARTS) is 1. The molecular formula is C27H23IN3O2S+. The number of aromatic nitrogens is 1. The molecule has 1 aliphatic heterocycles. The highest BCUT2D eigenvalue weighted by atomic mass is 127. The molecule has 34 heavy (non-hydrogen) atoms. The molecule has 0 unspecified atom stereocenters. The van der Waals surface area contributed by atoms with Gasteiger partial charge in [0.1, 0.15) is 7.05 Å². The normalized spacial score (nSPS) is 11.7. The predicted octanol–water partition coefficient (Wildman–Crippen LogP) is 6.22. The minimum Gasteiger partial charge on any atom is -0.478 e. The standard InChI is InChI=1S/C27H21N3O2S.HI/c1-29(19-6-4-3-5-7-19)21-12-14-23-25(16-21)33-26-17-22(13-15-24(26)28-23)30(2)20-10-8-18(9-11-20)27(31)32;/h3-17H,1-2H3;1H/p+1. The summed E-state index contributed by atoms with van der Waals surface area (Å²) < 4.78 is 3.16. The third kappa shape index (κ3) is 4.67. The van der Waals surface area contributed by atoms with E-state index in [4.69, 9.17) is 10.1 Å². The van der Waals surface area contributed by atoms with Gasteiger partial charge in [-0.25, -0.2) is 9.78 Å². The first-order chi connectivity index (χ1) is 16.0. The summed E-state index contributed by atoms with van der Waals surface area (Å²) in [7, 11) is 4.04. The average molecular weight is 580 g/mol. The number of halogens is 1. The lowest BCUT2D eigenvalue weighted by Gasteiger charge is -2.20. The van der Waals surface area contributed by atoms with Crippen LogP contribution in [0.25, 0.3) is 20.8 Å². The quantitative estimate of drug-likeness (QED) is 0.156. The molecule has 1 N–H and O–H groups in total. The van der Waals surface area contributed by atoms with Gasteiger partial charge >= 0.3 is 5.97 Å². The van der Waals surface area contributed by atoms with Crippen molar-refractivity contribution < 1.29 is 9.90 Å². The summed E-state index contributed by atoms with van der Waals surface area (Å²) in [6, 6.07) is 29.7. The Labute approximate surface area is 218 Å². The highest BCUT2D eigenvalue weighted by Gasteiger charge is 2.13. The molecule has 0 radical (unpaired) electrons. The SMILES string of the molecule is CN(c1ccccc1)c1ccc2nc3ccc(=[N+](C)c4ccc(C(=O)O)cc4)cc-3sc2c1.I. The van der Waals surface area contributed by atoms with Gasteiger partial charge in [-0.15, -0.1) is 35.3 Å². The maximum Gasteiger partial charge on any atom is 0.335 e. The number of para-hydroxylation sites is 1. The van der Waals surface area contributed by atoms with Crippen molar-refractivity contribution in [3.05, 3.63) is 102 Å². The van der Waals surface area contributed by atoms with E-state index in [9.17, 15) is 4.79 Å². The molecule has 0 spiro atoms. The van der Waals surface area contributed by atoms with Crippen molar-refractivity contribution >= 4 is 68.6 Å². The van der Waals surface area contributed by atoms with E-state index in [0.29, 0.717) is 0 Å². The number of aromatic carboxylic acids is 1. The van der Waals surface area contributed by atoms with Crippen LogP contribution in [0, 0.1) is 0 Å². The molecule has 0 aromatic heterocycles. The summed E-state index contributed by atoms with van der Waals surface area (Å²) in [5.74, 6) is -0.924. The molecule has 5 rings (SSSR count). The van der Waals surface area contributed by atoms with Crippen LogP contribution in [0.3, 0.4) is 0 Å². The number of carboxylic acids is 1. The third-order valence-electron chi connectivity index (χ3n) is 5.77. The summed E-state index contributed by atoms with van der Waals surface area (Å²) in [5.41, 5.74) is 5.37. The van der Waals surface area contributed by atoms with E-state index in [-0.39, 0.29) is 29.5 Å². The fraction of sp³-hybridized carbons (Fsp3) is 0.0741. The van der Waals surface area contributed by atoms with Crippen LogP contribution in [0.15, 0.2) is 91.0 Å². The molecule has 0 atom stereocenters. The van der Waals surface area contributed by atoms with E-state index in [1.807, 2.05) is 54.1 Å². The number of rotatable bonds is 4. The van der Waals surface area contributed by atoms with Gasteiger partial charge in [0, 0.05) is 42.7 Å². The fourth-order valence-electron chi connectivity index (χ4n) is 3.80. The molecule has 0 fully saturated rings. The zero-order chi connectivity index (χ0) is 22.9. The lowest BCUT2D eigenvalue weighted by atomic mass is 10.2. The first-order valence-corrected chi connectivity index (χ1v) is 11.3. The Bertz CT molecular complexity index is 1520. The second-order valence-electron chi connectivity index (χ2n) is 7.82. The second kappa shape index (κ2) is 9.90. The van der Waals surface area contributed by atoms with Gasteiger partial charge in [-0.05, 0) is 48.5 Å². The van der Waals surface area contributed by atoms with Crippen LogP contribution in [-0.2, 0) is 0 Å². The van der Waals surface area contributed by atoms with Gasteiger partial charge < -0.3 is 10.0 Å². The van der Waals surface area contributed by atoms with Crippen LogP contribution in [0.2, 0.25) is 0 Å². The molecule has 0 saturated heterocycles. The Morgan fingerprint density at radius 1 is 0.912 bits per heavy atom. The van der Waals surface area contributed by atoms with Crippen molar-refractivity contribution in [2.24, 2.45) is 0 Å². The molecule has 2 aliphatic rings. The molecule has 1 heterocycles. The fourth-order valence-corrected chi connectivity index (χ4v) is 4.83. The van der Waals surface area contributed by atoms with Crippen molar-refractivity contribution in [3.8, 4) is 10.6 Å². The van der Waals surface area contributed by atoms with Gasteiger partial charge in [0.2, 0.25) is 11.0 Å². The number of carbonyl (C=O) groups is 1. The Kier molecular flexibility index (Phi) is 6.95. The monoisotopic (exact) mass is 580 g/mol. The van der Waals surface area contributed by atoms with E-state index >= 15 is 0 Å². The summed E-state index contributed by atoms with van der Waals surface area (Å²) in [6.45, 7) is 0. The van der Waals surface area contributed by atoms with E-state index in [2.05, 4.69) is 48.3 Å². The van der Waals surface area contributed by atoms with Crippen molar-refractivity contribution in [2.45, 2.75) is 0 Å². The zero-order valence-electron chi connectivity index (χ0n) is 18.7. The van der Waals surface area contributed by atoms with Gasteiger partial charge in [0.15, 0.2) is 0 Å². The summed E-state index contributed by atoms with van der Waals surface area (Å²) in [4.78, 5) is 19.3. The minimum atomic E-state index is -0.924. The Hall–Kier alpha value is -3.30. The minimum absolute atomic E-state index is 0. The van der Waals surface area contributed by atoms with Gasteiger partial charge in [0.25, 0.3) is 0 Å². The highest BCUT2D eigenvalue weighted by molar-refractivity contribution is 14.0. The smallest absolute Gasteiger partial charge is 0.335 e. The van der Waals surface area contributed by atoms with Crippen molar-refractivity contribution in [1.82, 2.24) is 9.56 Å². The molecule has 0 saturated carbocycles. The Morgan fingerprint density at radius 3 is 2.35 bits per heavy atom. The van der Waals surface area contributed by atoms with Crippen LogP contribution >= 0.6 is 35.3 Å². The molecule has 0 bridgehead atoms. The van der Waals surface area contributed by atoms with Crippen LogP contribution < -0.4 is 14.8 Å². The first kappa shape index (κ1) is 23.8. The zero-order valence-corrected chi connectivity index (χ0v) is 21.8. The summed E-state index contributed by atoms with van der Waals surface area (Å²) in [6.07, 6.45) is 0. The largest absolute Gasteiger partial charge is 0.478 e. The number of fused-ring (bicyclic) bond motifs is 2. The van der Waals surface area contributed by atoms with E-state index in [1.54, 1.807) is 23.5 Å². The molecule has 170 valence electrons. The van der Waals surface area contributed by atoms with Crippen LogP contribution in [0.1, 0.15) is 10.4 Å². The van der Waals surface area contributed by atoms with Gasteiger partial charge in [0.05, 0.1) is 26.4 Å². The molecule has 7 heteroatoms. The number of hydrogen-bond donors (Lipinski definition) is 1. The van der Waals surface area contributed by atoms with Crippen LogP contribution in [-0.4, -0.2) is 30.2 Å². The van der Waals surface area contributed by atoms with Gasteiger partial charge in [-0.2, -0.15) is 4.58 Å². The third-order valence-corrected chi connectivity index (χ3v) is 6.86. The summed E-state index contributed by atoms with van der Waals surface area (Å²) >= 11 is 1.72. The van der Waals surface area contributed by atoms with Crippen molar-refractivity contribution in [2.75, 3.05) is 19.0 Å². The molecule has 3 aromatic rings. The number of anilines is 2. The lowest BCUT2D eigenvalue weighted by Crippen LogP contribution is -2.21. The molecule has 0 amide bonds. The lowest BCUT2D eigenvalue weighted by molar-refractivity contribution is 0.0697. The molecule has 5 nitrogen and oxygen atoms in total. The topological polar surface area (TPSA) is 56.4 Å². The van der Waals surface area contributed by atoms with E-state index in [1.165, 1.54) is 0 Å². The van der Waals surface area contributed by atoms with Gasteiger partial charge in [-0.3, -0.25) is 0 Å². The number of nitrogens with zero attached hydrogens (tertiary/aromatic N) is 3. The molecule has 1 aliphatic carbocycles. The molecular weight excluding hydrogens is 557 g/mol. The first-order valence-electron chi connectivity index (χ1n) is 10.5. The highest BCUT2D eigenvalue weighted by Crippen LogP contribution is 2.33. The predicted molar refractivity (Wildman–Crippen MR) is 150 cm³/mol. The summed E-state index contributed by atoms with van der Waals surface area (Å²) in [5, 5.41) is 10.1. The van der Waals surface area contributed by atoms with E-state index < -0.39 is 5.97 Å². The average Bonchev–Trinajstić information content (AvgIpc) is 2.86. The van der Waals surface area contributed by atoms with Gasteiger partial charge in [-0.1, -0.05) is 18.2 Å². The number of benzene rings is 4. The Balaban J connectivity index is 0.00000274. The Morgan fingerprint density at radius 2 is 1.65 bits per heavy atom. The maximum atomic E-state index is 11.1. The molecule has 3 aromatic carbocycles. The maximum absolute atomic E-state index is 11.1. The van der Waals surface area contributed by atoms with Crippen molar-refractivity contribution in [3.63, 3.8) is 0 Å². The second-order valence-corrected chi connectivity index (χ2v) is 8.91. The van der Waals surface area contributed by atoms with Crippen LogP contribution in [0.4, 0.5) is 17.1 Å². The van der Waals surface area contributed by atoms with Crippen molar-refractivity contribution in [1.29, 1.82) is 0 Å². The number of hydrogen-bond acceptors (Lipinski definition) is 4. The van der Waals surface area contributed by atoms with E-state index in [0.717, 1.165) is 43.2 Å². The van der Waals surface area contributed by atoms with Crippen LogP contribution in [0.5, 0.6) is 0 Å².